The van der Waals surface area contributed by atoms with Gasteiger partial charge < -0.3 is 20.4 Å². The predicted molar refractivity (Wildman–Crippen MR) is 100 cm³/mol. The van der Waals surface area contributed by atoms with Crippen LogP contribution in [0.15, 0.2) is 42.7 Å². The van der Waals surface area contributed by atoms with E-state index in [-0.39, 0.29) is 5.91 Å². The van der Waals surface area contributed by atoms with Crippen molar-refractivity contribution in [2.75, 3.05) is 41.7 Å². The lowest BCUT2D eigenvalue weighted by molar-refractivity contribution is -0.143. The fraction of sp³-hybridized carbons (Fsp3) is 0.278. The van der Waals surface area contributed by atoms with Crippen LogP contribution in [0.2, 0.25) is 0 Å². The first kappa shape index (κ1) is 18.3. The highest BCUT2D eigenvalue weighted by molar-refractivity contribution is 6.39. The maximum atomic E-state index is 12.4. The lowest BCUT2D eigenvalue weighted by Gasteiger charge is -2.34. The number of benzene rings is 1. The molecular weight excluding hydrogens is 348 g/mol. The molecule has 0 spiro atoms. The van der Waals surface area contributed by atoms with Gasteiger partial charge in [0.1, 0.15) is 0 Å². The summed E-state index contributed by atoms with van der Waals surface area (Å²) in [7, 11) is 0. The zero-order valence-electron chi connectivity index (χ0n) is 14.9. The van der Waals surface area contributed by atoms with Crippen LogP contribution in [-0.4, -0.2) is 58.8 Å². The van der Waals surface area contributed by atoms with E-state index in [1.54, 1.807) is 42.7 Å². The topological polar surface area (TPSA) is 108 Å². The van der Waals surface area contributed by atoms with Crippen molar-refractivity contribution in [3.8, 4) is 0 Å². The van der Waals surface area contributed by atoms with Crippen molar-refractivity contribution in [2.45, 2.75) is 6.92 Å². The summed E-state index contributed by atoms with van der Waals surface area (Å²) in [5.74, 6) is -0.823. The Morgan fingerprint density at radius 3 is 2.00 bits per heavy atom. The lowest BCUT2D eigenvalue weighted by atomic mass is 10.2. The monoisotopic (exact) mass is 368 g/mol. The minimum absolute atomic E-state index is 0.179. The Labute approximate surface area is 156 Å². The number of carbonyl (C=O) groups is 3. The maximum Gasteiger partial charge on any atom is 0.313 e. The first-order chi connectivity index (χ1) is 13.0. The quantitative estimate of drug-likeness (QED) is 0.773. The second kappa shape index (κ2) is 8.26. The average Bonchev–Trinajstić information content (AvgIpc) is 2.69. The highest BCUT2D eigenvalue weighted by Gasteiger charge is 2.26. The molecule has 0 radical (unpaired) electrons. The van der Waals surface area contributed by atoms with Crippen molar-refractivity contribution in [1.29, 1.82) is 0 Å². The summed E-state index contributed by atoms with van der Waals surface area (Å²) in [5.41, 5.74) is 1.10. The molecule has 1 aliphatic rings. The highest BCUT2D eigenvalue weighted by Crippen LogP contribution is 2.14. The molecule has 9 nitrogen and oxygen atoms in total. The molecule has 0 unspecified atom stereocenters. The van der Waals surface area contributed by atoms with Gasteiger partial charge in [-0.2, -0.15) is 0 Å². The third-order valence-electron chi connectivity index (χ3n) is 4.06. The molecule has 2 heterocycles. The Hall–Kier alpha value is -3.49. The first-order valence-corrected chi connectivity index (χ1v) is 8.53. The molecule has 9 heteroatoms. The van der Waals surface area contributed by atoms with Crippen LogP contribution >= 0.6 is 0 Å². The van der Waals surface area contributed by atoms with Crippen LogP contribution in [0, 0.1) is 0 Å². The Bertz CT molecular complexity index is 817. The Morgan fingerprint density at radius 2 is 1.44 bits per heavy atom. The van der Waals surface area contributed by atoms with Crippen molar-refractivity contribution in [3.05, 3.63) is 42.7 Å². The summed E-state index contributed by atoms with van der Waals surface area (Å²) in [6.07, 6.45) is 3.34. The number of piperazine rings is 1. The first-order valence-electron chi connectivity index (χ1n) is 8.53. The molecule has 2 N–H and O–H groups in total. The molecule has 1 saturated heterocycles. The minimum Gasteiger partial charge on any atom is -0.337 e. The molecule has 0 atom stereocenters. The van der Waals surface area contributed by atoms with Gasteiger partial charge in [-0.3, -0.25) is 14.4 Å². The van der Waals surface area contributed by atoms with Crippen LogP contribution < -0.4 is 15.5 Å². The van der Waals surface area contributed by atoms with Crippen LogP contribution in [0.3, 0.4) is 0 Å². The Balaban J connectivity index is 1.52. The van der Waals surface area contributed by atoms with Crippen LogP contribution in [0.5, 0.6) is 0 Å². The molecule has 0 bridgehead atoms. The number of aromatic nitrogens is 2. The van der Waals surface area contributed by atoms with E-state index in [0.717, 1.165) is 0 Å². The summed E-state index contributed by atoms with van der Waals surface area (Å²) < 4.78 is 0. The number of hydrogen-bond acceptors (Lipinski definition) is 6. The van der Waals surface area contributed by atoms with Crippen molar-refractivity contribution in [3.63, 3.8) is 0 Å². The van der Waals surface area contributed by atoms with Gasteiger partial charge in [0, 0.05) is 56.9 Å². The molecule has 0 aliphatic carbocycles. The second-order valence-corrected chi connectivity index (χ2v) is 6.04. The fourth-order valence-electron chi connectivity index (χ4n) is 2.73. The number of nitrogens with zero attached hydrogens (tertiary/aromatic N) is 4. The van der Waals surface area contributed by atoms with E-state index in [2.05, 4.69) is 20.6 Å². The number of amides is 3. The van der Waals surface area contributed by atoms with Gasteiger partial charge in [0.05, 0.1) is 0 Å². The normalized spacial score (nSPS) is 13.8. The summed E-state index contributed by atoms with van der Waals surface area (Å²) in [6, 6.07) is 8.30. The molecule has 3 rings (SSSR count). The van der Waals surface area contributed by atoms with E-state index in [1.165, 1.54) is 11.8 Å². The number of rotatable bonds is 3. The zero-order valence-corrected chi connectivity index (χ0v) is 14.9. The van der Waals surface area contributed by atoms with Gasteiger partial charge in [-0.05, 0) is 30.3 Å². The van der Waals surface area contributed by atoms with Crippen LogP contribution in [0.4, 0.5) is 17.3 Å². The van der Waals surface area contributed by atoms with Crippen molar-refractivity contribution in [1.82, 2.24) is 14.9 Å². The molecule has 1 aliphatic heterocycles. The van der Waals surface area contributed by atoms with E-state index in [9.17, 15) is 14.4 Å². The van der Waals surface area contributed by atoms with Gasteiger partial charge in [0.2, 0.25) is 11.9 Å². The molecular formula is C18H20N6O3. The summed E-state index contributed by atoms with van der Waals surface area (Å²) in [4.78, 5) is 47.5. The van der Waals surface area contributed by atoms with E-state index >= 15 is 0 Å². The molecule has 27 heavy (non-hydrogen) atoms. The van der Waals surface area contributed by atoms with Gasteiger partial charge in [-0.1, -0.05) is 0 Å². The van der Waals surface area contributed by atoms with Gasteiger partial charge >= 0.3 is 11.8 Å². The number of nitrogens with one attached hydrogen (secondary N) is 2. The van der Waals surface area contributed by atoms with Gasteiger partial charge in [-0.25, -0.2) is 9.97 Å². The lowest BCUT2D eigenvalue weighted by Crippen LogP contribution is -2.52. The van der Waals surface area contributed by atoms with Crippen molar-refractivity contribution >= 4 is 35.0 Å². The zero-order chi connectivity index (χ0) is 19.2. The predicted octanol–water partition coefficient (Wildman–Crippen LogP) is 0.722. The molecule has 3 amide bonds. The smallest absolute Gasteiger partial charge is 0.313 e. The van der Waals surface area contributed by atoms with Crippen molar-refractivity contribution < 1.29 is 14.4 Å². The third kappa shape index (κ3) is 4.78. The Morgan fingerprint density at radius 1 is 0.889 bits per heavy atom. The maximum absolute atomic E-state index is 12.4. The number of anilines is 3. The summed E-state index contributed by atoms with van der Waals surface area (Å²) in [6.45, 7) is 3.39. The van der Waals surface area contributed by atoms with E-state index in [1.807, 2.05) is 4.90 Å². The highest BCUT2D eigenvalue weighted by atomic mass is 16.2. The molecule has 1 aromatic heterocycles. The van der Waals surface area contributed by atoms with Crippen molar-refractivity contribution in [2.24, 2.45) is 0 Å². The van der Waals surface area contributed by atoms with Crippen LogP contribution in [0.1, 0.15) is 6.92 Å². The molecule has 140 valence electrons. The van der Waals surface area contributed by atoms with E-state index in [4.69, 9.17) is 0 Å². The average molecular weight is 368 g/mol. The third-order valence-corrected chi connectivity index (χ3v) is 4.06. The fourth-order valence-corrected chi connectivity index (χ4v) is 2.73. The standard InChI is InChI=1S/C18H20N6O3/c1-13(25)21-14-3-5-15(6-4-14)22-16(26)17(27)23-9-11-24(12-10-23)18-19-7-2-8-20-18/h2-8H,9-12H2,1H3,(H,21,25)(H,22,26). The number of hydrogen-bond donors (Lipinski definition) is 2. The summed E-state index contributed by atoms with van der Waals surface area (Å²) in [5, 5.41) is 5.22. The Kier molecular flexibility index (Phi) is 5.60. The molecule has 1 aromatic carbocycles. The van der Waals surface area contributed by atoms with Crippen LogP contribution in [-0.2, 0) is 14.4 Å². The molecule has 2 aromatic rings. The van der Waals surface area contributed by atoms with Crippen LogP contribution in [0.25, 0.3) is 0 Å². The van der Waals surface area contributed by atoms with Gasteiger partial charge in [0.25, 0.3) is 0 Å². The molecule has 0 saturated carbocycles. The minimum atomic E-state index is -0.688. The number of carbonyl (C=O) groups excluding carboxylic acids is 3. The second-order valence-electron chi connectivity index (χ2n) is 6.04. The van der Waals surface area contributed by atoms with Gasteiger partial charge in [0.15, 0.2) is 0 Å². The van der Waals surface area contributed by atoms with E-state index in [0.29, 0.717) is 43.5 Å². The molecule has 1 fully saturated rings. The van der Waals surface area contributed by atoms with E-state index < -0.39 is 11.8 Å². The largest absolute Gasteiger partial charge is 0.337 e. The SMILES string of the molecule is CC(=O)Nc1ccc(NC(=O)C(=O)N2CCN(c3ncccn3)CC2)cc1. The summed E-state index contributed by atoms with van der Waals surface area (Å²) >= 11 is 0. The van der Waals surface area contributed by atoms with Gasteiger partial charge in [-0.15, -0.1) is 0 Å².